The van der Waals surface area contributed by atoms with Gasteiger partial charge in [-0.05, 0) is 41.8 Å². The highest BCUT2D eigenvalue weighted by Crippen LogP contribution is 2.24. The molecule has 24 heavy (non-hydrogen) atoms. The highest BCUT2D eigenvalue weighted by molar-refractivity contribution is 7.12. The molecule has 0 fully saturated rings. The van der Waals surface area contributed by atoms with Crippen molar-refractivity contribution < 1.29 is 19.1 Å². The van der Waals surface area contributed by atoms with Gasteiger partial charge in [0, 0.05) is 17.3 Å². The Balaban J connectivity index is 1.92. The maximum atomic E-state index is 13.9. The lowest BCUT2D eigenvalue weighted by Crippen LogP contribution is -2.14. The predicted octanol–water partition coefficient (Wildman–Crippen LogP) is 3.90. The van der Waals surface area contributed by atoms with Crippen LogP contribution in [0.2, 0.25) is 0 Å². The van der Waals surface area contributed by atoms with Crippen LogP contribution in [0, 0.1) is 5.82 Å². The summed E-state index contributed by atoms with van der Waals surface area (Å²) in [4.78, 5) is 27.6. The van der Waals surface area contributed by atoms with Gasteiger partial charge in [-0.3, -0.25) is 9.78 Å². The average molecular weight is 342 g/mol. The van der Waals surface area contributed by atoms with Crippen molar-refractivity contribution in [2.75, 3.05) is 5.32 Å². The van der Waals surface area contributed by atoms with Crippen LogP contribution in [0.3, 0.4) is 0 Å². The molecule has 0 bridgehead atoms. The van der Waals surface area contributed by atoms with Gasteiger partial charge in [0.05, 0.1) is 11.4 Å². The Morgan fingerprint density at radius 3 is 2.71 bits per heavy atom. The van der Waals surface area contributed by atoms with E-state index < -0.39 is 17.7 Å². The van der Waals surface area contributed by atoms with Crippen molar-refractivity contribution in [3.8, 4) is 11.3 Å². The second kappa shape index (κ2) is 6.59. The molecule has 0 unspecified atom stereocenters. The fraction of sp³-hybridized carbons (Fsp3) is 0. The second-order valence-corrected chi connectivity index (χ2v) is 5.78. The Kier molecular flexibility index (Phi) is 4.35. The molecule has 0 aliphatic carbocycles. The SMILES string of the molecule is O=C(Nc1ccsc1C(=O)O)c1cc(F)cc(-c2ccccn2)c1. The van der Waals surface area contributed by atoms with Crippen LogP contribution in [0.1, 0.15) is 20.0 Å². The molecule has 0 saturated heterocycles. The van der Waals surface area contributed by atoms with Crippen LogP contribution in [-0.4, -0.2) is 22.0 Å². The van der Waals surface area contributed by atoms with Crippen LogP contribution < -0.4 is 5.32 Å². The van der Waals surface area contributed by atoms with E-state index in [4.69, 9.17) is 5.11 Å². The minimum absolute atomic E-state index is 0.0182. The maximum absolute atomic E-state index is 13.9. The molecule has 120 valence electrons. The first-order valence-corrected chi connectivity index (χ1v) is 7.76. The number of halogens is 1. The van der Waals surface area contributed by atoms with Crippen LogP contribution >= 0.6 is 11.3 Å². The van der Waals surface area contributed by atoms with Crippen molar-refractivity contribution in [3.05, 3.63) is 70.3 Å². The number of hydrogen-bond acceptors (Lipinski definition) is 4. The summed E-state index contributed by atoms with van der Waals surface area (Å²) >= 11 is 1.000. The number of aromatic nitrogens is 1. The van der Waals surface area contributed by atoms with Gasteiger partial charge in [0.15, 0.2) is 0 Å². The quantitative estimate of drug-likeness (QED) is 0.754. The number of aromatic carboxylic acids is 1. The van der Waals surface area contributed by atoms with Gasteiger partial charge >= 0.3 is 5.97 Å². The maximum Gasteiger partial charge on any atom is 0.348 e. The molecule has 0 aliphatic rings. The third-order valence-electron chi connectivity index (χ3n) is 3.23. The van der Waals surface area contributed by atoms with Crippen LogP contribution in [0.5, 0.6) is 0 Å². The molecule has 0 spiro atoms. The summed E-state index contributed by atoms with van der Waals surface area (Å²) < 4.78 is 13.9. The van der Waals surface area contributed by atoms with Crippen molar-refractivity contribution in [3.63, 3.8) is 0 Å². The molecular formula is C17H11FN2O3S. The Labute approximate surface area is 140 Å². The first-order chi connectivity index (χ1) is 11.5. The fourth-order valence-electron chi connectivity index (χ4n) is 2.17. The predicted molar refractivity (Wildman–Crippen MR) is 88.9 cm³/mol. The first-order valence-electron chi connectivity index (χ1n) is 6.89. The second-order valence-electron chi connectivity index (χ2n) is 4.87. The van der Waals surface area contributed by atoms with E-state index in [1.165, 1.54) is 18.2 Å². The fourth-order valence-corrected chi connectivity index (χ4v) is 2.86. The summed E-state index contributed by atoms with van der Waals surface area (Å²) in [5.41, 5.74) is 1.26. The van der Waals surface area contributed by atoms with E-state index in [1.807, 2.05) is 0 Å². The minimum atomic E-state index is -1.13. The zero-order valence-corrected chi connectivity index (χ0v) is 13.0. The van der Waals surface area contributed by atoms with Crippen molar-refractivity contribution in [2.45, 2.75) is 0 Å². The van der Waals surface area contributed by atoms with E-state index in [-0.39, 0.29) is 16.1 Å². The van der Waals surface area contributed by atoms with E-state index in [0.717, 1.165) is 17.4 Å². The Morgan fingerprint density at radius 1 is 1.17 bits per heavy atom. The van der Waals surface area contributed by atoms with E-state index >= 15 is 0 Å². The number of nitrogens with zero attached hydrogens (tertiary/aromatic N) is 1. The van der Waals surface area contributed by atoms with Gasteiger partial charge in [0.2, 0.25) is 0 Å². The number of amides is 1. The summed E-state index contributed by atoms with van der Waals surface area (Å²) in [5.74, 6) is -2.30. The van der Waals surface area contributed by atoms with Gasteiger partial charge in [0.1, 0.15) is 10.7 Å². The Bertz CT molecular complexity index is 909. The molecule has 0 radical (unpaired) electrons. The number of hydrogen-bond donors (Lipinski definition) is 2. The zero-order valence-electron chi connectivity index (χ0n) is 12.2. The van der Waals surface area contributed by atoms with Crippen LogP contribution in [0.15, 0.2) is 54.0 Å². The summed E-state index contributed by atoms with van der Waals surface area (Å²) in [6.45, 7) is 0. The third-order valence-corrected chi connectivity index (χ3v) is 4.13. The van der Waals surface area contributed by atoms with Gasteiger partial charge < -0.3 is 10.4 Å². The van der Waals surface area contributed by atoms with Crippen LogP contribution in [-0.2, 0) is 0 Å². The smallest absolute Gasteiger partial charge is 0.348 e. The third kappa shape index (κ3) is 3.31. The van der Waals surface area contributed by atoms with Crippen molar-refractivity contribution in [1.82, 2.24) is 4.98 Å². The first kappa shape index (κ1) is 15.8. The molecule has 1 aromatic carbocycles. The number of pyridine rings is 1. The lowest BCUT2D eigenvalue weighted by molar-refractivity contribution is 0.0703. The number of benzene rings is 1. The van der Waals surface area contributed by atoms with Crippen LogP contribution in [0.4, 0.5) is 10.1 Å². The summed E-state index contributed by atoms with van der Waals surface area (Å²) in [5, 5.41) is 13.1. The van der Waals surface area contributed by atoms with Gasteiger partial charge in [-0.2, -0.15) is 0 Å². The molecule has 2 heterocycles. The van der Waals surface area contributed by atoms with E-state index in [9.17, 15) is 14.0 Å². The van der Waals surface area contributed by atoms with E-state index in [0.29, 0.717) is 11.3 Å². The lowest BCUT2D eigenvalue weighted by atomic mass is 10.1. The summed E-state index contributed by atoms with van der Waals surface area (Å²) in [6.07, 6.45) is 1.57. The van der Waals surface area contributed by atoms with Gasteiger partial charge in [-0.15, -0.1) is 11.3 Å². The monoisotopic (exact) mass is 342 g/mol. The largest absolute Gasteiger partial charge is 0.477 e. The number of nitrogens with one attached hydrogen (secondary N) is 1. The van der Waals surface area contributed by atoms with Gasteiger partial charge in [-0.25, -0.2) is 9.18 Å². The normalized spacial score (nSPS) is 10.4. The highest BCUT2D eigenvalue weighted by Gasteiger charge is 2.16. The molecule has 3 aromatic rings. The van der Waals surface area contributed by atoms with Gasteiger partial charge in [0.25, 0.3) is 5.91 Å². The number of anilines is 1. The summed E-state index contributed by atoms with van der Waals surface area (Å²) in [7, 11) is 0. The molecule has 5 nitrogen and oxygen atoms in total. The molecule has 0 saturated carbocycles. The number of carboxylic acid groups (broad SMARTS) is 1. The Morgan fingerprint density at radius 2 is 2.00 bits per heavy atom. The molecule has 0 aliphatic heterocycles. The summed E-state index contributed by atoms with van der Waals surface area (Å²) in [6, 6.07) is 10.6. The topological polar surface area (TPSA) is 79.3 Å². The van der Waals surface area contributed by atoms with E-state index in [1.54, 1.807) is 29.8 Å². The van der Waals surface area contributed by atoms with Crippen molar-refractivity contribution in [2.24, 2.45) is 0 Å². The number of thiophene rings is 1. The van der Waals surface area contributed by atoms with Crippen molar-refractivity contribution in [1.29, 1.82) is 0 Å². The molecule has 2 aromatic heterocycles. The number of carbonyl (C=O) groups is 2. The molecule has 0 atom stereocenters. The number of rotatable bonds is 4. The average Bonchev–Trinajstić information content (AvgIpc) is 3.03. The molecular weight excluding hydrogens is 331 g/mol. The molecule has 7 heteroatoms. The van der Waals surface area contributed by atoms with Crippen LogP contribution in [0.25, 0.3) is 11.3 Å². The Hall–Kier alpha value is -3.06. The minimum Gasteiger partial charge on any atom is -0.477 e. The zero-order chi connectivity index (χ0) is 17.1. The van der Waals surface area contributed by atoms with Gasteiger partial charge in [-0.1, -0.05) is 6.07 Å². The lowest BCUT2D eigenvalue weighted by Gasteiger charge is -2.07. The standard InChI is InChI=1S/C17H11FN2O3S/c18-12-8-10(13-3-1-2-5-19-13)7-11(9-12)16(21)20-14-4-6-24-15(14)17(22)23/h1-9H,(H,20,21)(H,22,23). The molecule has 2 N–H and O–H groups in total. The molecule has 3 rings (SSSR count). The van der Waals surface area contributed by atoms with E-state index in [2.05, 4.69) is 10.3 Å². The number of carbonyl (C=O) groups excluding carboxylic acids is 1. The number of carboxylic acids is 1. The molecule has 1 amide bonds. The highest BCUT2D eigenvalue weighted by atomic mass is 32.1. The van der Waals surface area contributed by atoms with Crippen molar-refractivity contribution >= 4 is 28.9 Å².